The van der Waals surface area contributed by atoms with Crippen molar-refractivity contribution in [2.75, 3.05) is 26.2 Å². The lowest BCUT2D eigenvalue weighted by atomic mass is 9.71. The number of fused-ring (bicyclic) bond motifs is 1. The van der Waals surface area contributed by atoms with Crippen LogP contribution in [0.3, 0.4) is 0 Å². The van der Waals surface area contributed by atoms with Gasteiger partial charge in [0.25, 0.3) is 0 Å². The summed E-state index contributed by atoms with van der Waals surface area (Å²) >= 11 is 0. The second-order valence-corrected chi connectivity index (χ2v) is 7.52. The molecule has 2 nitrogen and oxygen atoms in total. The number of nitrogens with zero attached hydrogens (tertiary/aromatic N) is 1. The molecule has 2 unspecified atom stereocenters. The first-order valence-electron chi connectivity index (χ1n) is 8.65. The Bertz CT molecular complexity index is 480. The molecule has 1 aliphatic carbocycles. The van der Waals surface area contributed by atoms with E-state index in [2.05, 4.69) is 55.3 Å². The topological polar surface area (TPSA) is 15.3 Å². The average molecular weight is 286 g/mol. The lowest BCUT2D eigenvalue weighted by molar-refractivity contribution is 0.320. The van der Waals surface area contributed by atoms with Gasteiger partial charge in [0, 0.05) is 12.6 Å². The fourth-order valence-corrected chi connectivity index (χ4v) is 4.10. The summed E-state index contributed by atoms with van der Waals surface area (Å²) in [6.07, 6.45) is 3.92. The van der Waals surface area contributed by atoms with Crippen LogP contribution < -0.4 is 5.32 Å². The molecule has 1 heterocycles. The highest BCUT2D eigenvalue weighted by Gasteiger charge is 2.32. The Kier molecular flexibility index (Phi) is 4.37. The Morgan fingerprint density at radius 1 is 1.24 bits per heavy atom. The predicted octanol–water partition coefficient (Wildman–Crippen LogP) is 3.73. The van der Waals surface area contributed by atoms with Gasteiger partial charge in [-0.1, -0.05) is 45.0 Å². The summed E-state index contributed by atoms with van der Waals surface area (Å²) in [6, 6.07) is 9.62. The van der Waals surface area contributed by atoms with Crippen LogP contribution in [0.5, 0.6) is 0 Å². The first-order valence-corrected chi connectivity index (χ1v) is 8.65. The van der Waals surface area contributed by atoms with E-state index in [-0.39, 0.29) is 0 Å². The molecule has 116 valence electrons. The van der Waals surface area contributed by atoms with Gasteiger partial charge in [-0.25, -0.2) is 0 Å². The quantitative estimate of drug-likeness (QED) is 0.907. The number of hydrogen-bond acceptors (Lipinski definition) is 2. The molecule has 0 radical (unpaired) electrons. The fourth-order valence-electron chi connectivity index (χ4n) is 4.10. The molecule has 1 saturated heterocycles. The van der Waals surface area contributed by atoms with Gasteiger partial charge in [0.1, 0.15) is 0 Å². The van der Waals surface area contributed by atoms with Gasteiger partial charge in [-0.2, -0.15) is 0 Å². The van der Waals surface area contributed by atoms with E-state index in [0.29, 0.717) is 11.5 Å². The standard InChI is InChI=1S/C19H30N2/c1-4-21-12-10-15(14-21)13-20-18-9-11-19(2,3)17-8-6-5-7-16(17)18/h5-8,15,18,20H,4,9-14H2,1-3H3. The Morgan fingerprint density at radius 2 is 2.05 bits per heavy atom. The van der Waals surface area contributed by atoms with Crippen molar-refractivity contribution in [1.29, 1.82) is 0 Å². The van der Waals surface area contributed by atoms with Crippen LogP contribution in [-0.4, -0.2) is 31.1 Å². The summed E-state index contributed by atoms with van der Waals surface area (Å²) < 4.78 is 0. The van der Waals surface area contributed by atoms with Crippen molar-refractivity contribution in [2.24, 2.45) is 5.92 Å². The van der Waals surface area contributed by atoms with Crippen molar-refractivity contribution >= 4 is 0 Å². The highest BCUT2D eigenvalue weighted by atomic mass is 15.1. The van der Waals surface area contributed by atoms with Gasteiger partial charge in [0.2, 0.25) is 0 Å². The molecular formula is C19H30N2. The van der Waals surface area contributed by atoms with E-state index in [0.717, 1.165) is 5.92 Å². The zero-order valence-corrected chi connectivity index (χ0v) is 13.9. The summed E-state index contributed by atoms with van der Waals surface area (Å²) in [5.74, 6) is 0.840. The summed E-state index contributed by atoms with van der Waals surface area (Å²) in [5.41, 5.74) is 3.43. The summed E-state index contributed by atoms with van der Waals surface area (Å²) in [7, 11) is 0. The normalized spacial score (nSPS) is 28.5. The number of hydrogen-bond donors (Lipinski definition) is 1. The van der Waals surface area contributed by atoms with E-state index in [4.69, 9.17) is 0 Å². The Morgan fingerprint density at radius 3 is 2.81 bits per heavy atom. The molecule has 0 saturated carbocycles. The van der Waals surface area contributed by atoms with E-state index in [1.165, 1.54) is 45.4 Å². The lowest BCUT2D eigenvalue weighted by Crippen LogP contribution is -2.35. The predicted molar refractivity (Wildman–Crippen MR) is 89.7 cm³/mol. The molecule has 21 heavy (non-hydrogen) atoms. The molecule has 2 heteroatoms. The zero-order valence-electron chi connectivity index (χ0n) is 13.9. The third-order valence-corrected chi connectivity index (χ3v) is 5.59. The molecule has 1 N–H and O–H groups in total. The van der Waals surface area contributed by atoms with E-state index in [9.17, 15) is 0 Å². The molecule has 2 aliphatic rings. The Labute approximate surface area is 129 Å². The zero-order chi connectivity index (χ0) is 14.9. The van der Waals surface area contributed by atoms with Crippen LogP contribution in [0.1, 0.15) is 57.2 Å². The van der Waals surface area contributed by atoms with E-state index in [1.54, 1.807) is 11.1 Å². The van der Waals surface area contributed by atoms with Crippen LogP contribution >= 0.6 is 0 Å². The number of rotatable bonds is 4. The van der Waals surface area contributed by atoms with Crippen LogP contribution in [0.4, 0.5) is 0 Å². The maximum atomic E-state index is 3.88. The first-order chi connectivity index (χ1) is 10.1. The summed E-state index contributed by atoms with van der Waals surface area (Å²) in [5, 5.41) is 3.88. The maximum absolute atomic E-state index is 3.88. The molecule has 1 fully saturated rings. The smallest absolute Gasteiger partial charge is 0.0323 e. The van der Waals surface area contributed by atoms with Crippen molar-refractivity contribution < 1.29 is 0 Å². The monoisotopic (exact) mass is 286 g/mol. The second-order valence-electron chi connectivity index (χ2n) is 7.52. The molecule has 0 aromatic heterocycles. The molecule has 0 amide bonds. The largest absolute Gasteiger partial charge is 0.310 e. The molecule has 1 aromatic rings. The van der Waals surface area contributed by atoms with Crippen LogP contribution in [0, 0.1) is 5.92 Å². The molecular weight excluding hydrogens is 256 g/mol. The van der Waals surface area contributed by atoms with Crippen molar-refractivity contribution in [3.05, 3.63) is 35.4 Å². The lowest BCUT2D eigenvalue weighted by Gasteiger charge is -2.37. The molecule has 1 aromatic carbocycles. The minimum Gasteiger partial charge on any atom is -0.310 e. The SMILES string of the molecule is CCN1CCC(CNC2CCC(C)(C)c3ccccc32)C1. The molecule has 0 bridgehead atoms. The van der Waals surface area contributed by atoms with Crippen molar-refractivity contribution in [3.63, 3.8) is 0 Å². The number of benzene rings is 1. The highest BCUT2D eigenvalue weighted by Crippen LogP contribution is 2.41. The van der Waals surface area contributed by atoms with Gasteiger partial charge in [0.15, 0.2) is 0 Å². The maximum Gasteiger partial charge on any atom is 0.0323 e. The fraction of sp³-hybridized carbons (Fsp3) is 0.684. The van der Waals surface area contributed by atoms with Gasteiger partial charge in [-0.15, -0.1) is 0 Å². The van der Waals surface area contributed by atoms with Crippen LogP contribution in [0.25, 0.3) is 0 Å². The third kappa shape index (κ3) is 3.17. The Balaban J connectivity index is 1.65. The van der Waals surface area contributed by atoms with Crippen molar-refractivity contribution in [1.82, 2.24) is 10.2 Å². The highest BCUT2D eigenvalue weighted by molar-refractivity contribution is 5.38. The van der Waals surface area contributed by atoms with Gasteiger partial charge in [-0.05, 0) is 61.4 Å². The van der Waals surface area contributed by atoms with E-state index in [1.807, 2.05) is 0 Å². The van der Waals surface area contributed by atoms with Crippen molar-refractivity contribution in [2.45, 2.75) is 51.5 Å². The molecule has 2 atom stereocenters. The van der Waals surface area contributed by atoms with Gasteiger partial charge >= 0.3 is 0 Å². The first kappa shape index (κ1) is 15.1. The average Bonchev–Trinajstić information content (AvgIpc) is 2.95. The second kappa shape index (κ2) is 6.10. The molecule has 3 rings (SSSR count). The summed E-state index contributed by atoms with van der Waals surface area (Å²) in [6.45, 7) is 12.0. The van der Waals surface area contributed by atoms with Crippen molar-refractivity contribution in [3.8, 4) is 0 Å². The van der Waals surface area contributed by atoms with Crippen LogP contribution in [-0.2, 0) is 5.41 Å². The third-order valence-electron chi connectivity index (χ3n) is 5.59. The molecule has 1 aliphatic heterocycles. The minimum absolute atomic E-state index is 0.334. The Hall–Kier alpha value is -0.860. The van der Waals surface area contributed by atoms with E-state index >= 15 is 0 Å². The number of nitrogens with one attached hydrogen (secondary N) is 1. The van der Waals surface area contributed by atoms with Gasteiger partial charge < -0.3 is 10.2 Å². The van der Waals surface area contributed by atoms with Crippen LogP contribution in [0.2, 0.25) is 0 Å². The van der Waals surface area contributed by atoms with Crippen LogP contribution in [0.15, 0.2) is 24.3 Å². The molecule has 0 spiro atoms. The van der Waals surface area contributed by atoms with E-state index < -0.39 is 0 Å². The van der Waals surface area contributed by atoms with Gasteiger partial charge in [0.05, 0.1) is 0 Å². The number of likely N-dealkylation sites (tertiary alicyclic amines) is 1. The van der Waals surface area contributed by atoms with Gasteiger partial charge in [-0.3, -0.25) is 0 Å². The summed E-state index contributed by atoms with van der Waals surface area (Å²) in [4.78, 5) is 2.57. The minimum atomic E-state index is 0.334.